The normalized spacial score (nSPS) is 19.6. The number of benzene rings is 1. The molecule has 4 rings (SSSR count). The van der Waals surface area contributed by atoms with E-state index in [-0.39, 0.29) is 24.0 Å². The minimum Gasteiger partial charge on any atom is -0.369 e. The lowest BCUT2D eigenvalue weighted by Gasteiger charge is -2.31. The second-order valence-electron chi connectivity index (χ2n) is 8.80. The molecule has 2 aliphatic rings. The third-order valence-electron chi connectivity index (χ3n) is 6.33. The number of hydrogen-bond donors (Lipinski definition) is 2. The van der Waals surface area contributed by atoms with Crippen LogP contribution in [0.5, 0.6) is 0 Å². The first-order chi connectivity index (χ1) is 15.2. The number of hydrogen-bond acceptors (Lipinski definition) is 4. The number of guanidine groups is 1. The van der Waals surface area contributed by atoms with Gasteiger partial charge in [0.15, 0.2) is 5.96 Å². The van der Waals surface area contributed by atoms with Crippen molar-refractivity contribution in [3.8, 4) is 0 Å². The molecule has 1 aromatic heterocycles. The number of rotatable bonds is 6. The van der Waals surface area contributed by atoms with Gasteiger partial charge in [0.05, 0.1) is 6.54 Å². The Morgan fingerprint density at radius 1 is 1.03 bits per heavy atom. The molecule has 6 nitrogen and oxygen atoms in total. The SMILES string of the molecule is CCNC(=NCc1ccc(N2CCC(C)CC2)nc1)NC1CCN(c2ccccc2)C1.I. The summed E-state index contributed by atoms with van der Waals surface area (Å²) in [6.07, 6.45) is 5.61. The highest BCUT2D eigenvalue weighted by Gasteiger charge is 2.23. The van der Waals surface area contributed by atoms with Crippen molar-refractivity contribution in [2.75, 3.05) is 42.5 Å². The maximum Gasteiger partial charge on any atom is 0.191 e. The molecule has 3 heterocycles. The molecule has 1 atom stereocenters. The van der Waals surface area contributed by atoms with Crippen LogP contribution in [0.2, 0.25) is 0 Å². The predicted octanol–water partition coefficient (Wildman–Crippen LogP) is 4.27. The van der Waals surface area contributed by atoms with Gasteiger partial charge in [-0.3, -0.25) is 0 Å². The summed E-state index contributed by atoms with van der Waals surface area (Å²) in [5.74, 6) is 2.81. The molecule has 0 amide bonds. The molecule has 0 spiro atoms. The Balaban J connectivity index is 0.00000289. The zero-order valence-electron chi connectivity index (χ0n) is 19.3. The molecule has 2 saturated heterocycles. The molecule has 2 aromatic rings. The molecule has 32 heavy (non-hydrogen) atoms. The molecule has 2 N–H and O–H groups in total. The zero-order chi connectivity index (χ0) is 21.5. The largest absolute Gasteiger partial charge is 0.369 e. The number of halogens is 1. The maximum absolute atomic E-state index is 4.82. The van der Waals surface area contributed by atoms with Crippen LogP contribution in [0.1, 0.15) is 38.7 Å². The molecule has 0 saturated carbocycles. The Morgan fingerprint density at radius 3 is 2.47 bits per heavy atom. The highest BCUT2D eigenvalue weighted by atomic mass is 127. The summed E-state index contributed by atoms with van der Waals surface area (Å²) in [7, 11) is 0. The van der Waals surface area contributed by atoms with Gasteiger partial charge in [0.25, 0.3) is 0 Å². The van der Waals surface area contributed by atoms with Gasteiger partial charge in [0.1, 0.15) is 5.82 Å². The van der Waals surface area contributed by atoms with Gasteiger partial charge in [0.2, 0.25) is 0 Å². The molecule has 0 radical (unpaired) electrons. The number of anilines is 2. The van der Waals surface area contributed by atoms with Crippen molar-refractivity contribution in [1.82, 2.24) is 15.6 Å². The highest BCUT2D eigenvalue weighted by Crippen LogP contribution is 2.22. The first kappa shape index (κ1) is 24.6. The van der Waals surface area contributed by atoms with Crippen LogP contribution in [0.15, 0.2) is 53.7 Å². The van der Waals surface area contributed by atoms with E-state index in [0.29, 0.717) is 12.6 Å². The molecule has 1 unspecified atom stereocenters. The van der Waals surface area contributed by atoms with E-state index in [1.54, 1.807) is 0 Å². The van der Waals surface area contributed by atoms with Gasteiger partial charge < -0.3 is 20.4 Å². The van der Waals surface area contributed by atoms with Crippen LogP contribution in [0.25, 0.3) is 0 Å². The summed E-state index contributed by atoms with van der Waals surface area (Å²) in [6, 6.07) is 15.4. The standard InChI is InChI=1S/C25H36N6.HI/c1-3-26-25(29-22-13-16-31(19-22)23-7-5-4-6-8-23)28-18-21-9-10-24(27-17-21)30-14-11-20(2)12-15-30;/h4-10,17,20,22H,3,11-16,18-19H2,1-2H3,(H2,26,28,29);1H. The average molecular weight is 549 g/mol. The zero-order valence-corrected chi connectivity index (χ0v) is 21.7. The van der Waals surface area contributed by atoms with E-state index in [0.717, 1.165) is 62.4 Å². The van der Waals surface area contributed by atoms with Crippen molar-refractivity contribution in [3.05, 3.63) is 54.2 Å². The van der Waals surface area contributed by atoms with Gasteiger partial charge in [-0.1, -0.05) is 31.2 Å². The fourth-order valence-electron chi connectivity index (χ4n) is 4.37. The van der Waals surface area contributed by atoms with Gasteiger partial charge >= 0.3 is 0 Å². The number of nitrogens with one attached hydrogen (secondary N) is 2. The van der Waals surface area contributed by atoms with Gasteiger partial charge in [-0.05, 0) is 55.9 Å². The first-order valence-electron chi connectivity index (χ1n) is 11.8. The average Bonchev–Trinajstić information content (AvgIpc) is 3.28. The second-order valence-corrected chi connectivity index (χ2v) is 8.80. The van der Waals surface area contributed by atoms with E-state index < -0.39 is 0 Å². The van der Waals surface area contributed by atoms with Crippen LogP contribution in [0, 0.1) is 5.92 Å². The van der Waals surface area contributed by atoms with Gasteiger partial charge in [-0.2, -0.15) is 0 Å². The van der Waals surface area contributed by atoms with E-state index in [4.69, 9.17) is 9.98 Å². The number of aromatic nitrogens is 1. The van der Waals surface area contributed by atoms with Crippen LogP contribution in [0.3, 0.4) is 0 Å². The minimum absolute atomic E-state index is 0. The van der Waals surface area contributed by atoms with E-state index in [1.807, 2.05) is 6.20 Å². The summed E-state index contributed by atoms with van der Waals surface area (Å²) in [6.45, 7) is 10.2. The van der Waals surface area contributed by atoms with Crippen molar-refractivity contribution < 1.29 is 0 Å². The fraction of sp³-hybridized carbons (Fsp3) is 0.520. The number of piperidine rings is 1. The van der Waals surface area contributed by atoms with Crippen LogP contribution in [0.4, 0.5) is 11.5 Å². The van der Waals surface area contributed by atoms with Crippen molar-refractivity contribution in [3.63, 3.8) is 0 Å². The summed E-state index contributed by atoms with van der Waals surface area (Å²) in [5, 5.41) is 7.02. The van der Waals surface area contributed by atoms with Gasteiger partial charge in [-0.25, -0.2) is 9.98 Å². The lowest BCUT2D eigenvalue weighted by molar-refractivity contribution is 0.436. The lowest BCUT2D eigenvalue weighted by atomic mass is 9.99. The molecule has 174 valence electrons. The molecular weight excluding hydrogens is 511 g/mol. The lowest BCUT2D eigenvalue weighted by Crippen LogP contribution is -2.44. The van der Waals surface area contributed by atoms with Crippen molar-refractivity contribution in [1.29, 1.82) is 0 Å². The second kappa shape index (κ2) is 12.3. The third-order valence-corrected chi connectivity index (χ3v) is 6.33. The molecule has 7 heteroatoms. The van der Waals surface area contributed by atoms with E-state index in [1.165, 1.54) is 18.5 Å². The smallest absolute Gasteiger partial charge is 0.191 e. The number of aliphatic imine (C=N–C) groups is 1. The quantitative estimate of drug-likeness (QED) is 0.321. The van der Waals surface area contributed by atoms with E-state index >= 15 is 0 Å². The first-order valence-corrected chi connectivity index (χ1v) is 11.8. The van der Waals surface area contributed by atoms with Crippen LogP contribution in [-0.4, -0.2) is 49.7 Å². The number of pyridine rings is 1. The molecule has 2 aliphatic heterocycles. The molecular formula is C25H37IN6. The van der Waals surface area contributed by atoms with Crippen molar-refractivity contribution in [2.24, 2.45) is 10.9 Å². The molecule has 0 bridgehead atoms. The van der Waals surface area contributed by atoms with Crippen molar-refractivity contribution in [2.45, 2.75) is 45.7 Å². The van der Waals surface area contributed by atoms with Gasteiger partial charge in [-0.15, -0.1) is 24.0 Å². The molecule has 1 aromatic carbocycles. The topological polar surface area (TPSA) is 55.8 Å². The predicted molar refractivity (Wildman–Crippen MR) is 145 cm³/mol. The minimum atomic E-state index is 0. The fourth-order valence-corrected chi connectivity index (χ4v) is 4.37. The Kier molecular flexibility index (Phi) is 9.44. The Hall–Kier alpha value is -2.03. The van der Waals surface area contributed by atoms with E-state index in [9.17, 15) is 0 Å². The Morgan fingerprint density at radius 2 is 1.78 bits per heavy atom. The summed E-state index contributed by atoms with van der Waals surface area (Å²) in [5.41, 5.74) is 2.44. The monoisotopic (exact) mass is 548 g/mol. The Labute approximate surface area is 209 Å². The molecule has 2 fully saturated rings. The van der Waals surface area contributed by atoms with E-state index in [2.05, 4.69) is 76.7 Å². The number of para-hydroxylation sites is 1. The molecule has 0 aliphatic carbocycles. The summed E-state index contributed by atoms with van der Waals surface area (Å²) >= 11 is 0. The summed E-state index contributed by atoms with van der Waals surface area (Å²) in [4.78, 5) is 14.4. The van der Waals surface area contributed by atoms with Crippen LogP contribution in [-0.2, 0) is 6.54 Å². The maximum atomic E-state index is 4.82. The Bertz CT molecular complexity index is 833. The number of nitrogens with zero attached hydrogens (tertiary/aromatic N) is 4. The van der Waals surface area contributed by atoms with Crippen LogP contribution >= 0.6 is 24.0 Å². The highest BCUT2D eigenvalue weighted by molar-refractivity contribution is 14.0. The van der Waals surface area contributed by atoms with Gasteiger partial charge in [0, 0.05) is 50.6 Å². The van der Waals surface area contributed by atoms with Crippen molar-refractivity contribution >= 4 is 41.4 Å². The van der Waals surface area contributed by atoms with Crippen LogP contribution < -0.4 is 20.4 Å². The summed E-state index contributed by atoms with van der Waals surface area (Å²) < 4.78 is 0. The third kappa shape index (κ3) is 6.73.